The van der Waals surface area contributed by atoms with Crippen LogP contribution >= 0.6 is 15.9 Å². The third-order valence-corrected chi connectivity index (χ3v) is 2.46. The Bertz CT molecular complexity index is 336. The van der Waals surface area contributed by atoms with Gasteiger partial charge in [-0.1, -0.05) is 0 Å². The minimum atomic E-state index is -1.11. The van der Waals surface area contributed by atoms with E-state index in [1.165, 1.54) is 6.07 Å². The number of hydrogen-bond acceptors (Lipinski definition) is 1. The fraction of sp³-hybridized carbons (Fsp3) is 0.125. The molecule has 0 aliphatic carbocycles. The largest absolute Gasteiger partial charge is 0.298 e. The van der Waals surface area contributed by atoms with Gasteiger partial charge in [-0.3, -0.25) is 4.79 Å². The van der Waals surface area contributed by atoms with E-state index < -0.39 is 11.6 Å². The first-order chi connectivity index (χ1) is 5.57. The van der Waals surface area contributed by atoms with Gasteiger partial charge in [0.1, 0.15) is 0 Å². The molecule has 0 unspecified atom stereocenters. The van der Waals surface area contributed by atoms with Crippen molar-refractivity contribution in [2.45, 2.75) is 6.92 Å². The van der Waals surface area contributed by atoms with Gasteiger partial charge in [0, 0.05) is 0 Å². The summed E-state index contributed by atoms with van der Waals surface area (Å²) >= 11 is 2.86. The molecule has 4 heteroatoms. The van der Waals surface area contributed by atoms with E-state index in [0.29, 0.717) is 5.56 Å². The second-order valence-electron chi connectivity index (χ2n) is 2.34. The summed E-state index contributed by atoms with van der Waals surface area (Å²) in [6, 6.07) is 1.29. The number of benzene rings is 1. The summed E-state index contributed by atoms with van der Waals surface area (Å²) in [5, 5.41) is 0. The Hall–Kier alpha value is -0.770. The zero-order chi connectivity index (χ0) is 9.30. The van der Waals surface area contributed by atoms with Crippen molar-refractivity contribution in [3.8, 4) is 0 Å². The van der Waals surface area contributed by atoms with Crippen LogP contribution in [0.4, 0.5) is 8.78 Å². The first kappa shape index (κ1) is 9.32. The molecule has 12 heavy (non-hydrogen) atoms. The molecule has 0 saturated heterocycles. The lowest BCUT2D eigenvalue weighted by Crippen LogP contribution is -1.96. The summed E-state index contributed by atoms with van der Waals surface area (Å²) in [5.41, 5.74) is 0.240. The Morgan fingerprint density at radius 3 is 2.50 bits per heavy atom. The summed E-state index contributed by atoms with van der Waals surface area (Å²) in [6.45, 7) is 1.58. The molecule has 0 aromatic heterocycles. The molecular weight excluding hydrogens is 230 g/mol. The third-order valence-electron chi connectivity index (χ3n) is 1.48. The van der Waals surface area contributed by atoms with Crippen LogP contribution in [-0.2, 0) is 0 Å². The number of aryl methyl sites for hydroxylation is 1. The van der Waals surface area contributed by atoms with Gasteiger partial charge in [-0.25, -0.2) is 8.78 Å². The average Bonchev–Trinajstić information content (AvgIpc) is 2.08. The van der Waals surface area contributed by atoms with Gasteiger partial charge in [-0.2, -0.15) is 0 Å². The molecule has 0 heterocycles. The van der Waals surface area contributed by atoms with Crippen LogP contribution in [0.1, 0.15) is 15.9 Å². The van der Waals surface area contributed by atoms with Crippen molar-refractivity contribution in [3.05, 3.63) is 33.3 Å². The van der Waals surface area contributed by atoms with Crippen LogP contribution < -0.4 is 0 Å². The molecule has 64 valence electrons. The van der Waals surface area contributed by atoms with Crippen LogP contribution in [0.25, 0.3) is 0 Å². The molecule has 0 aliphatic heterocycles. The molecule has 0 spiro atoms. The molecule has 0 atom stereocenters. The van der Waals surface area contributed by atoms with Crippen molar-refractivity contribution >= 4 is 22.2 Å². The van der Waals surface area contributed by atoms with E-state index in [-0.39, 0.29) is 16.3 Å². The molecule has 1 rings (SSSR count). The van der Waals surface area contributed by atoms with Crippen molar-refractivity contribution < 1.29 is 13.6 Å². The molecule has 0 saturated carbocycles. The Balaban J connectivity index is 3.49. The Kier molecular flexibility index (Phi) is 2.57. The Morgan fingerprint density at radius 2 is 2.00 bits per heavy atom. The highest BCUT2D eigenvalue weighted by atomic mass is 79.9. The number of halogens is 3. The van der Waals surface area contributed by atoms with Gasteiger partial charge in [0.2, 0.25) is 0 Å². The van der Waals surface area contributed by atoms with Crippen molar-refractivity contribution in [2.75, 3.05) is 0 Å². The Labute approximate surface area is 76.5 Å². The highest BCUT2D eigenvalue weighted by Crippen LogP contribution is 2.24. The highest BCUT2D eigenvalue weighted by molar-refractivity contribution is 9.10. The predicted molar refractivity (Wildman–Crippen MR) is 44.2 cm³/mol. The van der Waals surface area contributed by atoms with E-state index in [2.05, 4.69) is 15.9 Å². The van der Waals surface area contributed by atoms with Gasteiger partial charge >= 0.3 is 0 Å². The van der Waals surface area contributed by atoms with E-state index in [0.717, 1.165) is 0 Å². The summed E-state index contributed by atoms with van der Waals surface area (Å²) in [6.07, 6.45) is 0.290. The first-order valence-electron chi connectivity index (χ1n) is 3.17. The normalized spacial score (nSPS) is 10.0. The fourth-order valence-electron chi connectivity index (χ4n) is 0.842. The maximum absolute atomic E-state index is 12.9. The van der Waals surface area contributed by atoms with Crippen molar-refractivity contribution in [3.63, 3.8) is 0 Å². The minimum absolute atomic E-state index is 0.0607. The number of aldehydes is 1. The number of hydrogen-bond donors (Lipinski definition) is 0. The minimum Gasteiger partial charge on any atom is -0.298 e. The highest BCUT2D eigenvalue weighted by Gasteiger charge is 2.13. The standard InChI is InChI=1S/C8H5BrF2O/c1-4-2-5(3-12)7(10)8(11)6(4)9/h2-3H,1H3. The molecule has 0 amide bonds. The maximum Gasteiger partial charge on any atom is 0.173 e. The smallest absolute Gasteiger partial charge is 0.173 e. The second kappa shape index (κ2) is 3.31. The first-order valence-corrected chi connectivity index (χ1v) is 3.96. The summed E-state index contributed by atoms with van der Waals surface area (Å²) < 4.78 is 25.7. The van der Waals surface area contributed by atoms with Crippen LogP contribution in [0.2, 0.25) is 0 Å². The molecule has 1 aromatic rings. The lowest BCUT2D eigenvalue weighted by atomic mass is 10.1. The van der Waals surface area contributed by atoms with E-state index in [4.69, 9.17) is 0 Å². The van der Waals surface area contributed by atoms with Gasteiger partial charge in [0.15, 0.2) is 17.9 Å². The van der Waals surface area contributed by atoms with Gasteiger partial charge in [0.05, 0.1) is 10.0 Å². The van der Waals surface area contributed by atoms with Crippen molar-refractivity contribution in [1.29, 1.82) is 0 Å². The van der Waals surface area contributed by atoms with Gasteiger partial charge in [-0.05, 0) is 34.5 Å². The summed E-state index contributed by atoms with van der Waals surface area (Å²) in [5.74, 6) is -2.13. The number of rotatable bonds is 1. The molecule has 1 nitrogen and oxygen atoms in total. The maximum atomic E-state index is 12.9. The molecule has 0 N–H and O–H groups in total. The van der Waals surface area contributed by atoms with Crippen molar-refractivity contribution in [1.82, 2.24) is 0 Å². The van der Waals surface area contributed by atoms with Crippen LogP contribution in [0.15, 0.2) is 10.5 Å². The average molecular weight is 235 g/mol. The van der Waals surface area contributed by atoms with Crippen LogP contribution in [-0.4, -0.2) is 6.29 Å². The molecule has 0 aliphatic rings. The number of carbonyl (C=O) groups excluding carboxylic acids is 1. The van der Waals surface area contributed by atoms with Crippen LogP contribution in [0.5, 0.6) is 0 Å². The third kappa shape index (κ3) is 1.39. The molecule has 0 bridgehead atoms. The molecule has 1 aromatic carbocycles. The monoisotopic (exact) mass is 234 g/mol. The van der Waals surface area contributed by atoms with Gasteiger partial charge in [-0.15, -0.1) is 0 Å². The summed E-state index contributed by atoms with van der Waals surface area (Å²) in [4.78, 5) is 10.2. The predicted octanol–water partition coefficient (Wildman–Crippen LogP) is 2.85. The second-order valence-corrected chi connectivity index (χ2v) is 3.14. The van der Waals surface area contributed by atoms with Crippen LogP contribution in [0, 0.1) is 18.6 Å². The summed E-state index contributed by atoms with van der Waals surface area (Å²) in [7, 11) is 0. The number of carbonyl (C=O) groups is 1. The van der Waals surface area contributed by atoms with Gasteiger partial charge in [0.25, 0.3) is 0 Å². The lowest BCUT2D eigenvalue weighted by Gasteiger charge is -2.02. The molecule has 0 fully saturated rings. The van der Waals surface area contributed by atoms with E-state index in [1.54, 1.807) is 6.92 Å². The van der Waals surface area contributed by atoms with Crippen molar-refractivity contribution in [2.24, 2.45) is 0 Å². The lowest BCUT2D eigenvalue weighted by molar-refractivity contribution is 0.111. The van der Waals surface area contributed by atoms with Crippen LogP contribution in [0.3, 0.4) is 0 Å². The zero-order valence-electron chi connectivity index (χ0n) is 6.20. The van der Waals surface area contributed by atoms with E-state index in [9.17, 15) is 13.6 Å². The zero-order valence-corrected chi connectivity index (χ0v) is 7.78. The molecule has 0 radical (unpaired) electrons. The topological polar surface area (TPSA) is 17.1 Å². The fourth-order valence-corrected chi connectivity index (χ4v) is 1.13. The molecular formula is C8H5BrF2O. The van der Waals surface area contributed by atoms with E-state index >= 15 is 0 Å². The Morgan fingerprint density at radius 1 is 1.42 bits per heavy atom. The van der Waals surface area contributed by atoms with E-state index in [1.807, 2.05) is 0 Å². The quantitative estimate of drug-likeness (QED) is 0.540. The van der Waals surface area contributed by atoms with Gasteiger partial charge < -0.3 is 0 Å². The SMILES string of the molecule is Cc1cc(C=O)c(F)c(F)c1Br.